The highest BCUT2D eigenvalue weighted by molar-refractivity contribution is 6.30. The lowest BCUT2D eigenvalue weighted by Gasteiger charge is -2.07. The van der Waals surface area contributed by atoms with Crippen LogP contribution >= 0.6 is 11.6 Å². The second-order valence-electron chi connectivity index (χ2n) is 5.92. The Balaban J connectivity index is 1.79. The van der Waals surface area contributed by atoms with E-state index in [1.54, 1.807) is 16.7 Å². The Morgan fingerprint density at radius 3 is 2.48 bits per heavy atom. The molecule has 0 aliphatic rings. The van der Waals surface area contributed by atoms with Gasteiger partial charge in [0.05, 0.1) is 11.0 Å². The minimum absolute atomic E-state index is 0.00335. The van der Waals surface area contributed by atoms with Crippen molar-refractivity contribution in [2.75, 3.05) is 0 Å². The van der Waals surface area contributed by atoms with Crippen LogP contribution in [0, 0.1) is 0 Å². The molecule has 5 nitrogen and oxygen atoms in total. The number of rotatable bonds is 6. The summed E-state index contributed by atoms with van der Waals surface area (Å²) in [6, 6.07) is 14.9. The van der Waals surface area contributed by atoms with Crippen molar-refractivity contribution in [3.63, 3.8) is 0 Å². The van der Waals surface area contributed by atoms with E-state index in [1.807, 2.05) is 43.3 Å². The molecular formula is C19H20ClN3O2. The van der Waals surface area contributed by atoms with Crippen molar-refractivity contribution < 1.29 is 4.79 Å². The van der Waals surface area contributed by atoms with Crippen molar-refractivity contribution in [3.05, 3.63) is 69.6 Å². The normalized spacial score (nSPS) is 11.0. The number of aryl methyl sites for hydroxylation is 1. The molecule has 0 aliphatic heterocycles. The molecule has 1 N–H and O–H groups in total. The van der Waals surface area contributed by atoms with Gasteiger partial charge < -0.3 is 5.32 Å². The van der Waals surface area contributed by atoms with Gasteiger partial charge >= 0.3 is 5.69 Å². The summed E-state index contributed by atoms with van der Waals surface area (Å²) < 4.78 is 3.25. The number of amides is 1. The van der Waals surface area contributed by atoms with Crippen LogP contribution in [0.5, 0.6) is 0 Å². The monoisotopic (exact) mass is 357 g/mol. The fourth-order valence-electron chi connectivity index (χ4n) is 2.91. The summed E-state index contributed by atoms with van der Waals surface area (Å²) in [5.41, 5.74) is 2.40. The first-order valence-electron chi connectivity index (χ1n) is 8.29. The quantitative estimate of drug-likeness (QED) is 0.736. The van der Waals surface area contributed by atoms with Gasteiger partial charge in [-0.05, 0) is 36.2 Å². The number of hydrogen-bond acceptors (Lipinski definition) is 2. The number of nitrogens with zero attached hydrogens (tertiary/aromatic N) is 2. The minimum Gasteiger partial charge on any atom is -0.350 e. The molecule has 0 saturated carbocycles. The number of nitrogens with one attached hydrogen (secondary N) is 1. The van der Waals surface area contributed by atoms with Crippen LogP contribution in [0.1, 0.15) is 18.9 Å². The Bertz CT molecular complexity index is 959. The fourth-order valence-corrected chi connectivity index (χ4v) is 3.12. The minimum atomic E-state index is -0.207. The zero-order valence-corrected chi connectivity index (χ0v) is 14.8. The molecule has 130 valence electrons. The number of aromatic nitrogens is 2. The van der Waals surface area contributed by atoms with Crippen LogP contribution in [-0.2, 0) is 24.4 Å². The Hall–Kier alpha value is -2.53. The molecule has 0 unspecified atom stereocenters. The second-order valence-corrected chi connectivity index (χ2v) is 6.35. The first-order chi connectivity index (χ1) is 12.1. The van der Waals surface area contributed by atoms with Crippen molar-refractivity contribution >= 4 is 28.5 Å². The molecule has 0 bridgehead atoms. The predicted molar refractivity (Wildman–Crippen MR) is 99.8 cm³/mol. The number of hydrogen-bond donors (Lipinski definition) is 1. The van der Waals surface area contributed by atoms with Crippen LogP contribution < -0.4 is 11.0 Å². The van der Waals surface area contributed by atoms with Crippen LogP contribution in [0.15, 0.2) is 53.3 Å². The van der Waals surface area contributed by atoms with E-state index in [4.69, 9.17) is 11.6 Å². The standard InChI is InChI=1S/C19H20ClN3O2/c1-2-10-22-16-8-3-4-9-17(16)23(19(22)25)13-18(24)21-12-14-6-5-7-15(20)11-14/h3-9,11H,2,10,12-13H2,1H3,(H,21,24). The average molecular weight is 358 g/mol. The van der Waals surface area contributed by atoms with Gasteiger partial charge in [0.15, 0.2) is 0 Å². The van der Waals surface area contributed by atoms with E-state index in [2.05, 4.69) is 5.32 Å². The maximum Gasteiger partial charge on any atom is 0.329 e. The van der Waals surface area contributed by atoms with E-state index in [0.717, 1.165) is 23.0 Å². The molecule has 6 heteroatoms. The summed E-state index contributed by atoms with van der Waals surface area (Å²) in [5.74, 6) is -0.207. The van der Waals surface area contributed by atoms with Gasteiger partial charge in [-0.3, -0.25) is 13.9 Å². The number of fused-ring (bicyclic) bond motifs is 1. The lowest BCUT2D eigenvalue weighted by molar-refractivity contribution is -0.121. The fraction of sp³-hybridized carbons (Fsp3) is 0.263. The van der Waals surface area contributed by atoms with Gasteiger partial charge in [-0.1, -0.05) is 42.8 Å². The number of imidazole rings is 1. The molecule has 0 spiro atoms. The molecule has 3 aromatic rings. The third-order valence-corrected chi connectivity index (χ3v) is 4.29. The lowest BCUT2D eigenvalue weighted by atomic mass is 10.2. The van der Waals surface area contributed by atoms with E-state index in [0.29, 0.717) is 18.1 Å². The first-order valence-corrected chi connectivity index (χ1v) is 8.67. The Morgan fingerprint density at radius 2 is 1.80 bits per heavy atom. The molecule has 1 amide bonds. The number of carbonyl (C=O) groups excluding carboxylic acids is 1. The van der Waals surface area contributed by atoms with Gasteiger partial charge in [-0.25, -0.2) is 4.79 Å². The highest BCUT2D eigenvalue weighted by atomic mass is 35.5. The van der Waals surface area contributed by atoms with Crippen molar-refractivity contribution in [2.45, 2.75) is 33.0 Å². The summed E-state index contributed by atoms with van der Waals surface area (Å²) in [6.45, 7) is 3.03. The van der Waals surface area contributed by atoms with Gasteiger partial charge in [0.2, 0.25) is 5.91 Å². The smallest absolute Gasteiger partial charge is 0.329 e. The van der Waals surface area contributed by atoms with Gasteiger partial charge in [0, 0.05) is 18.1 Å². The molecule has 3 rings (SSSR count). The number of para-hydroxylation sites is 2. The van der Waals surface area contributed by atoms with Crippen LogP contribution in [-0.4, -0.2) is 15.0 Å². The largest absolute Gasteiger partial charge is 0.350 e. The van der Waals surface area contributed by atoms with Crippen molar-refractivity contribution in [1.82, 2.24) is 14.5 Å². The zero-order valence-electron chi connectivity index (χ0n) is 14.0. The third kappa shape index (κ3) is 3.77. The highest BCUT2D eigenvalue weighted by Crippen LogP contribution is 2.13. The summed E-state index contributed by atoms with van der Waals surface area (Å²) in [7, 11) is 0. The Kier molecular flexibility index (Phi) is 5.24. The van der Waals surface area contributed by atoms with Crippen LogP contribution in [0.3, 0.4) is 0 Å². The van der Waals surface area contributed by atoms with Crippen molar-refractivity contribution in [3.8, 4) is 0 Å². The summed E-state index contributed by atoms with van der Waals surface area (Å²) in [4.78, 5) is 25.0. The van der Waals surface area contributed by atoms with E-state index in [-0.39, 0.29) is 18.1 Å². The number of benzene rings is 2. The zero-order chi connectivity index (χ0) is 17.8. The number of carbonyl (C=O) groups is 1. The third-order valence-electron chi connectivity index (χ3n) is 4.05. The maximum absolute atomic E-state index is 12.7. The van der Waals surface area contributed by atoms with Crippen LogP contribution in [0.25, 0.3) is 11.0 Å². The summed E-state index contributed by atoms with van der Waals surface area (Å²) in [5, 5.41) is 3.47. The van der Waals surface area contributed by atoms with Crippen molar-refractivity contribution in [2.24, 2.45) is 0 Å². The van der Waals surface area contributed by atoms with E-state index >= 15 is 0 Å². The SMILES string of the molecule is CCCn1c(=O)n(CC(=O)NCc2cccc(Cl)c2)c2ccccc21. The maximum atomic E-state index is 12.7. The van der Waals surface area contributed by atoms with E-state index < -0.39 is 0 Å². The Labute approximate surface area is 150 Å². The van der Waals surface area contributed by atoms with Gasteiger partial charge in [0.25, 0.3) is 0 Å². The molecule has 0 radical (unpaired) electrons. The van der Waals surface area contributed by atoms with Crippen molar-refractivity contribution in [1.29, 1.82) is 0 Å². The molecule has 0 saturated heterocycles. The topological polar surface area (TPSA) is 56.0 Å². The highest BCUT2D eigenvalue weighted by Gasteiger charge is 2.14. The van der Waals surface area contributed by atoms with Crippen LogP contribution in [0.4, 0.5) is 0 Å². The van der Waals surface area contributed by atoms with Gasteiger partial charge in [0.1, 0.15) is 6.54 Å². The summed E-state index contributed by atoms with van der Waals surface area (Å²) in [6.07, 6.45) is 0.856. The molecule has 0 atom stereocenters. The molecule has 0 fully saturated rings. The molecule has 0 aliphatic carbocycles. The summed E-state index contributed by atoms with van der Waals surface area (Å²) >= 11 is 5.95. The molecule has 1 heterocycles. The second kappa shape index (κ2) is 7.57. The first kappa shape index (κ1) is 17.3. The van der Waals surface area contributed by atoms with Gasteiger partial charge in [-0.15, -0.1) is 0 Å². The lowest BCUT2D eigenvalue weighted by Crippen LogP contribution is -2.32. The molecule has 25 heavy (non-hydrogen) atoms. The predicted octanol–water partition coefficient (Wildman–Crippen LogP) is 3.18. The van der Waals surface area contributed by atoms with Gasteiger partial charge in [-0.2, -0.15) is 0 Å². The Morgan fingerprint density at radius 1 is 1.08 bits per heavy atom. The van der Waals surface area contributed by atoms with E-state index in [9.17, 15) is 9.59 Å². The molecule has 2 aromatic carbocycles. The average Bonchev–Trinajstić information content (AvgIpc) is 2.86. The van der Waals surface area contributed by atoms with Crippen LogP contribution in [0.2, 0.25) is 5.02 Å². The molecule has 1 aromatic heterocycles. The van der Waals surface area contributed by atoms with E-state index in [1.165, 1.54) is 4.57 Å². The number of halogens is 1. The molecular weight excluding hydrogens is 338 g/mol.